The molecule has 0 aromatic heterocycles. The number of fused-ring (bicyclic) bond motifs is 3. The lowest BCUT2D eigenvalue weighted by Gasteiger charge is -2.48. The van der Waals surface area contributed by atoms with Gasteiger partial charge in [0.2, 0.25) is 0 Å². The smallest absolute Gasteiger partial charge is 0.312 e. The van der Waals surface area contributed by atoms with E-state index in [1.165, 1.54) is 24.3 Å². The van der Waals surface area contributed by atoms with E-state index in [9.17, 15) is 39.2 Å². The molecule has 2 aromatic rings. The molecule has 1 heterocycles. The van der Waals surface area contributed by atoms with Gasteiger partial charge in [0.25, 0.3) is 0 Å². The molecule has 0 radical (unpaired) electrons. The summed E-state index contributed by atoms with van der Waals surface area (Å²) >= 11 is 0. The number of benzene rings is 2. The Hall–Kier alpha value is -2.14. The molecule has 0 spiro atoms. The Morgan fingerprint density at radius 1 is 0.909 bits per heavy atom. The number of rotatable bonds is 3. The van der Waals surface area contributed by atoms with Crippen molar-refractivity contribution in [2.45, 2.75) is 59.4 Å². The molecular formula is C22H20F7NO2S. The maximum absolute atomic E-state index is 14.7. The number of hydrogen-bond acceptors (Lipinski definition) is 3. The minimum atomic E-state index is -6.24. The van der Waals surface area contributed by atoms with E-state index in [0.717, 1.165) is 6.07 Å². The van der Waals surface area contributed by atoms with Gasteiger partial charge in [0.05, 0.1) is 4.90 Å². The van der Waals surface area contributed by atoms with Crippen LogP contribution < -0.4 is 5.32 Å². The van der Waals surface area contributed by atoms with Crippen molar-refractivity contribution in [1.29, 1.82) is 0 Å². The number of nitrogens with one attached hydrogen (secondary N) is 1. The van der Waals surface area contributed by atoms with Crippen LogP contribution in [0.4, 0.5) is 30.7 Å². The summed E-state index contributed by atoms with van der Waals surface area (Å²) in [5.41, 5.74) is -7.08. The highest BCUT2D eigenvalue weighted by Crippen LogP contribution is 2.55. The number of aryl methyl sites for hydroxylation is 1. The minimum absolute atomic E-state index is 0.000970. The zero-order valence-corrected chi connectivity index (χ0v) is 17.9. The molecule has 2 aliphatic rings. The van der Waals surface area contributed by atoms with Crippen LogP contribution >= 0.6 is 0 Å². The average Bonchev–Trinajstić information content (AvgIpc) is 2.76. The van der Waals surface area contributed by atoms with E-state index in [4.69, 9.17) is 0 Å². The van der Waals surface area contributed by atoms with Crippen LogP contribution in [0.3, 0.4) is 0 Å². The first-order chi connectivity index (χ1) is 15.3. The molecule has 33 heavy (non-hydrogen) atoms. The maximum atomic E-state index is 14.7. The van der Waals surface area contributed by atoms with Gasteiger partial charge in [-0.3, -0.25) is 0 Å². The number of sulfone groups is 1. The molecule has 180 valence electrons. The van der Waals surface area contributed by atoms with Crippen LogP contribution in [0.5, 0.6) is 0 Å². The lowest BCUT2D eigenvalue weighted by molar-refractivity contribution is -0.348. The van der Waals surface area contributed by atoms with E-state index in [2.05, 4.69) is 5.32 Å². The topological polar surface area (TPSA) is 46.2 Å². The average molecular weight is 495 g/mol. The van der Waals surface area contributed by atoms with Crippen molar-refractivity contribution < 1.29 is 39.2 Å². The van der Waals surface area contributed by atoms with Crippen LogP contribution in [0.2, 0.25) is 0 Å². The fourth-order valence-electron chi connectivity index (χ4n) is 5.12. The van der Waals surface area contributed by atoms with Crippen molar-refractivity contribution in [2.75, 3.05) is 6.54 Å². The first-order valence-corrected chi connectivity index (χ1v) is 11.7. The molecule has 11 heteroatoms. The highest BCUT2D eigenvalue weighted by molar-refractivity contribution is 7.92. The molecule has 1 aliphatic carbocycles. The molecule has 0 saturated carbocycles. The van der Waals surface area contributed by atoms with E-state index in [1.54, 1.807) is 6.07 Å². The van der Waals surface area contributed by atoms with E-state index in [1.807, 2.05) is 0 Å². The number of piperidine rings is 1. The summed E-state index contributed by atoms with van der Waals surface area (Å²) in [5, 5.41) is 3.16. The van der Waals surface area contributed by atoms with Crippen LogP contribution in [-0.2, 0) is 26.7 Å². The fraction of sp³-hybridized carbons (Fsp3) is 0.455. The predicted octanol–water partition coefficient (Wildman–Crippen LogP) is 5.34. The molecule has 3 nitrogen and oxygen atoms in total. The lowest BCUT2D eigenvalue weighted by atomic mass is 9.73. The van der Waals surface area contributed by atoms with Gasteiger partial charge in [0.15, 0.2) is 9.84 Å². The van der Waals surface area contributed by atoms with Gasteiger partial charge in [-0.15, -0.1) is 0 Å². The summed E-state index contributed by atoms with van der Waals surface area (Å²) in [4.78, 5) is 0.000970. The largest absolute Gasteiger partial charge is 0.435 e. The summed E-state index contributed by atoms with van der Waals surface area (Å²) in [7, 11) is -4.10. The predicted molar refractivity (Wildman–Crippen MR) is 106 cm³/mol. The van der Waals surface area contributed by atoms with Gasteiger partial charge >= 0.3 is 18.0 Å². The monoisotopic (exact) mass is 495 g/mol. The van der Waals surface area contributed by atoms with Crippen LogP contribution in [0.25, 0.3) is 0 Å². The van der Waals surface area contributed by atoms with Crippen molar-refractivity contribution in [1.82, 2.24) is 5.32 Å². The first kappa shape index (κ1) is 24.0. The summed E-state index contributed by atoms with van der Waals surface area (Å²) in [6.45, 7) is 0.528. The van der Waals surface area contributed by atoms with Gasteiger partial charge in [-0.1, -0.05) is 36.4 Å². The van der Waals surface area contributed by atoms with Gasteiger partial charge in [0, 0.05) is 11.6 Å². The van der Waals surface area contributed by atoms with Gasteiger partial charge in [-0.05, 0) is 55.5 Å². The van der Waals surface area contributed by atoms with Crippen LogP contribution in [-0.4, -0.2) is 33.4 Å². The van der Waals surface area contributed by atoms with E-state index in [-0.39, 0.29) is 35.3 Å². The van der Waals surface area contributed by atoms with Crippen LogP contribution in [0.15, 0.2) is 53.4 Å². The zero-order valence-electron chi connectivity index (χ0n) is 17.1. The van der Waals surface area contributed by atoms with Crippen LogP contribution in [0, 0.1) is 0 Å². The number of halogens is 7. The van der Waals surface area contributed by atoms with Crippen molar-refractivity contribution in [3.8, 4) is 0 Å². The highest BCUT2D eigenvalue weighted by Gasteiger charge is 2.73. The Morgan fingerprint density at radius 3 is 2.15 bits per heavy atom. The molecule has 2 atom stereocenters. The Morgan fingerprint density at radius 2 is 1.55 bits per heavy atom. The van der Waals surface area contributed by atoms with Crippen molar-refractivity contribution in [3.63, 3.8) is 0 Å². The zero-order chi connectivity index (χ0) is 24.3. The molecule has 1 saturated heterocycles. The third-order valence-corrected chi connectivity index (χ3v) is 9.21. The van der Waals surface area contributed by atoms with Crippen molar-refractivity contribution in [2.24, 2.45) is 0 Å². The normalized spacial score (nSPS) is 24.2. The van der Waals surface area contributed by atoms with Gasteiger partial charge < -0.3 is 5.32 Å². The van der Waals surface area contributed by atoms with Crippen LogP contribution in [0.1, 0.15) is 36.0 Å². The summed E-state index contributed by atoms with van der Waals surface area (Å²) in [6.07, 6.45) is -11.7. The molecular weight excluding hydrogens is 475 g/mol. The van der Waals surface area contributed by atoms with Crippen molar-refractivity contribution in [3.05, 3.63) is 65.2 Å². The third-order valence-electron chi connectivity index (χ3n) is 6.65. The molecule has 0 bridgehead atoms. The van der Waals surface area contributed by atoms with E-state index < -0.39 is 44.2 Å². The van der Waals surface area contributed by atoms with E-state index >= 15 is 0 Å². The summed E-state index contributed by atoms with van der Waals surface area (Å²) < 4.78 is 120. The fourth-order valence-corrected chi connectivity index (χ4v) is 7.53. The molecule has 1 N–H and O–H groups in total. The Balaban J connectivity index is 1.94. The van der Waals surface area contributed by atoms with E-state index in [0.29, 0.717) is 25.1 Å². The molecule has 4 rings (SSSR count). The highest BCUT2D eigenvalue weighted by atomic mass is 32.2. The molecule has 1 aliphatic heterocycles. The standard InChI is InChI=1S/C22H20F7NO2S/c23-20(21(24,25)26,22(27,28)29)15-8-9-17-14(13-15)7-10-18-19(17,11-4-12-30-18)33(31,32)16-5-2-1-3-6-16/h1-3,5-6,8-9,13,18,30H,4,7,10-12H2. The second-order valence-electron chi connectivity index (χ2n) is 8.38. The molecule has 2 unspecified atom stereocenters. The van der Waals surface area contributed by atoms with Gasteiger partial charge in [-0.2, -0.15) is 26.3 Å². The minimum Gasteiger partial charge on any atom is -0.312 e. The number of alkyl halides is 7. The van der Waals surface area contributed by atoms with Gasteiger partial charge in [-0.25, -0.2) is 12.8 Å². The Labute approximate surface area is 185 Å². The number of hydrogen-bond donors (Lipinski definition) is 1. The van der Waals surface area contributed by atoms with Gasteiger partial charge in [0.1, 0.15) is 4.75 Å². The second kappa shape index (κ2) is 7.69. The summed E-state index contributed by atoms with van der Waals surface area (Å²) in [6, 6.07) is 8.78. The summed E-state index contributed by atoms with van der Waals surface area (Å²) in [5.74, 6) is 0. The quantitative estimate of drug-likeness (QED) is 0.585. The third kappa shape index (κ3) is 3.38. The Bertz CT molecular complexity index is 1130. The van der Waals surface area contributed by atoms with Crippen molar-refractivity contribution >= 4 is 9.84 Å². The SMILES string of the molecule is O=S(=O)(c1ccccc1)C12CCCNC1CCc1cc(C(F)(C(F)(F)F)C(F)(F)F)ccc12. The molecule has 1 fully saturated rings. The molecule has 2 aromatic carbocycles. The molecule has 0 amide bonds. The lowest BCUT2D eigenvalue weighted by Crippen LogP contribution is -2.59. The second-order valence-corrected chi connectivity index (χ2v) is 10.6. The first-order valence-electron chi connectivity index (χ1n) is 10.3. The maximum Gasteiger partial charge on any atom is 0.435 e. The Kier molecular flexibility index (Phi) is 5.59.